The van der Waals surface area contributed by atoms with Gasteiger partial charge in [0.1, 0.15) is 5.78 Å². The van der Waals surface area contributed by atoms with Crippen molar-refractivity contribution in [1.29, 1.82) is 0 Å². The Hall–Kier alpha value is -0.370. The summed E-state index contributed by atoms with van der Waals surface area (Å²) in [5.74, 6) is 3.69. The SMILES string of the molecule is C[C@]12CCC(=O)C[C@H]1CC[C@H]1[C@H]3CCCO[C@]3(C)CC[C@@H]12. The highest BCUT2D eigenvalue weighted by Crippen LogP contribution is 2.62. The van der Waals surface area contributed by atoms with Crippen LogP contribution < -0.4 is 0 Å². The van der Waals surface area contributed by atoms with Crippen LogP contribution in [-0.2, 0) is 9.53 Å². The molecule has 0 bridgehead atoms. The second kappa shape index (κ2) is 4.81. The Bertz CT molecular complexity index is 445. The summed E-state index contributed by atoms with van der Waals surface area (Å²) in [6.07, 6.45) is 10.7. The molecule has 0 unspecified atom stereocenters. The second-order valence-corrected chi connectivity index (χ2v) is 8.74. The Balaban J connectivity index is 1.62. The van der Waals surface area contributed by atoms with E-state index in [-0.39, 0.29) is 5.60 Å². The topological polar surface area (TPSA) is 26.3 Å². The number of fused-ring (bicyclic) bond motifs is 5. The molecule has 0 aromatic heterocycles. The first-order chi connectivity index (χ1) is 10.0. The van der Waals surface area contributed by atoms with Crippen LogP contribution in [0.15, 0.2) is 0 Å². The maximum atomic E-state index is 11.9. The summed E-state index contributed by atoms with van der Waals surface area (Å²) < 4.78 is 6.25. The Morgan fingerprint density at radius 3 is 2.76 bits per heavy atom. The largest absolute Gasteiger partial charge is 0.375 e. The molecule has 4 rings (SSSR count). The van der Waals surface area contributed by atoms with Crippen LogP contribution in [0.5, 0.6) is 0 Å². The van der Waals surface area contributed by atoms with Crippen LogP contribution in [-0.4, -0.2) is 18.0 Å². The van der Waals surface area contributed by atoms with Gasteiger partial charge in [-0.15, -0.1) is 0 Å². The molecule has 2 nitrogen and oxygen atoms in total. The van der Waals surface area contributed by atoms with E-state index in [0.29, 0.717) is 17.1 Å². The van der Waals surface area contributed by atoms with Gasteiger partial charge < -0.3 is 4.74 Å². The fourth-order valence-corrected chi connectivity index (χ4v) is 6.64. The Labute approximate surface area is 129 Å². The van der Waals surface area contributed by atoms with Crippen molar-refractivity contribution >= 4 is 5.78 Å². The number of hydrogen-bond acceptors (Lipinski definition) is 2. The average Bonchev–Trinajstić information content (AvgIpc) is 2.47. The summed E-state index contributed by atoms with van der Waals surface area (Å²) in [5, 5.41) is 0. The Kier molecular flexibility index (Phi) is 3.26. The molecule has 4 aliphatic rings. The molecule has 6 atom stereocenters. The molecule has 1 aliphatic heterocycles. The number of Topliss-reactive ketones (excluding diaryl/α,β-unsaturated/α-hetero) is 1. The molecule has 3 saturated carbocycles. The van der Waals surface area contributed by atoms with E-state index in [0.717, 1.165) is 43.6 Å². The van der Waals surface area contributed by atoms with E-state index in [2.05, 4.69) is 13.8 Å². The lowest BCUT2D eigenvalue weighted by atomic mass is 9.46. The number of rotatable bonds is 0. The summed E-state index contributed by atoms with van der Waals surface area (Å²) in [4.78, 5) is 11.9. The maximum absolute atomic E-state index is 11.9. The van der Waals surface area contributed by atoms with Crippen LogP contribution in [0, 0.1) is 29.1 Å². The molecule has 0 radical (unpaired) electrons. The lowest BCUT2D eigenvalue weighted by Gasteiger charge is -2.61. The first-order valence-electron chi connectivity index (χ1n) is 9.19. The number of ether oxygens (including phenoxy) is 1. The van der Waals surface area contributed by atoms with Gasteiger partial charge in [0.25, 0.3) is 0 Å². The molecule has 0 N–H and O–H groups in total. The number of carbonyl (C=O) groups excluding carboxylic acids is 1. The Morgan fingerprint density at radius 1 is 1.05 bits per heavy atom. The zero-order valence-corrected chi connectivity index (χ0v) is 13.7. The highest BCUT2D eigenvalue weighted by atomic mass is 16.5. The third-order valence-electron chi connectivity index (χ3n) is 7.91. The van der Waals surface area contributed by atoms with Crippen molar-refractivity contribution in [2.24, 2.45) is 29.1 Å². The Morgan fingerprint density at radius 2 is 1.90 bits per heavy atom. The number of hydrogen-bond donors (Lipinski definition) is 0. The fourth-order valence-electron chi connectivity index (χ4n) is 6.64. The average molecular weight is 290 g/mol. The van der Waals surface area contributed by atoms with Crippen molar-refractivity contribution in [2.45, 2.75) is 77.2 Å². The van der Waals surface area contributed by atoms with E-state index in [1.807, 2.05) is 0 Å². The van der Waals surface area contributed by atoms with Crippen molar-refractivity contribution in [2.75, 3.05) is 6.61 Å². The van der Waals surface area contributed by atoms with Crippen molar-refractivity contribution in [1.82, 2.24) is 0 Å². The van der Waals surface area contributed by atoms with Crippen molar-refractivity contribution in [3.05, 3.63) is 0 Å². The van der Waals surface area contributed by atoms with Gasteiger partial charge in [-0.3, -0.25) is 4.79 Å². The van der Waals surface area contributed by atoms with Crippen molar-refractivity contribution in [3.8, 4) is 0 Å². The first kappa shape index (κ1) is 14.2. The van der Waals surface area contributed by atoms with Gasteiger partial charge in [0, 0.05) is 19.4 Å². The van der Waals surface area contributed by atoms with Gasteiger partial charge in [0.15, 0.2) is 0 Å². The predicted octanol–water partition coefficient (Wildman–Crippen LogP) is 4.37. The van der Waals surface area contributed by atoms with Gasteiger partial charge in [0.2, 0.25) is 0 Å². The predicted molar refractivity (Wildman–Crippen MR) is 83.0 cm³/mol. The summed E-state index contributed by atoms with van der Waals surface area (Å²) in [7, 11) is 0. The van der Waals surface area contributed by atoms with Crippen molar-refractivity contribution < 1.29 is 9.53 Å². The molecular weight excluding hydrogens is 260 g/mol. The van der Waals surface area contributed by atoms with E-state index in [4.69, 9.17) is 4.74 Å². The molecule has 0 amide bonds. The molecule has 0 aromatic carbocycles. The third-order valence-corrected chi connectivity index (χ3v) is 7.91. The smallest absolute Gasteiger partial charge is 0.133 e. The lowest BCUT2D eigenvalue weighted by molar-refractivity contribution is -0.192. The molecule has 3 aliphatic carbocycles. The molecule has 1 saturated heterocycles. The second-order valence-electron chi connectivity index (χ2n) is 8.74. The molecule has 21 heavy (non-hydrogen) atoms. The molecule has 1 heterocycles. The normalized spacial score (nSPS) is 53.5. The third kappa shape index (κ3) is 2.04. The number of carbonyl (C=O) groups is 1. The molecule has 0 spiro atoms. The highest BCUT2D eigenvalue weighted by Gasteiger charge is 2.57. The maximum Gasteiger partial charge on any atom is 0.133 e. The van der Waals surface area contributed by atoms with E-state index >= 15 is 0 Å². The van der Waals surface area contributed by atoms with Gasteiger partial charge >= 0.3 is 0 Å². The zero-order valence-electron chi connectivity index (χ0n) is 13.7. The minimum atomic E-state index is 0.160. The highest BCUT2D eigenvalue weighted by molar-refractivity contribution is 5.79. The standard InChI is InChI=1S/C19H30O2/c1-18-9-7-14(20)12-13(18)5-6-15-16(18)8-10-19(2)17(15)4-3-11-21-19/h13,15-17H,3-12H2,1-2H3/t13-,15-,16+,17-,18+,19-/m1/s1. The van der Waals surface area contributed by atoms with Crippen molar-refractivity contribution in [3.63, 3.8) is 0 Å². The van der Waals surface area contributed by atoms with Gasteiger partial charge in [-0.25, -0.2) is 0 Å². The van der Waals surface area contributed by atoms with Crippen LogP contribution >= 0.6 is 0 Å². The van der Waals surface area contributed by atoms with Crippen LogP contribution in [0.4, 0.5) is 0 Å². The first-order valence-corrected chi connectivity index (χ1v) is 9.19. The monoisotopic (exact) mass is 290 g/mol. The summed E-state index contributed by atoms with van der Waals surface area (Å²) in [5.41, 5.74) is 0.600. The molecule has 118 valence electrons. The van der Waals surface area contributed by atoms with Gasteiger partial charge in [-0.1, -0.05) is 6.92 Å². The summed E-state index contributed by atoms with van der Waals surface area (Å²) in [6.45, 7) is 5.87. The molecule has 4 fully saturated rings. The number of ketones is 1. The lowest BCUT2D eigenvalue weighted by Crippen LogP contribution is -2.57. The van der Waals surface area contributed by atoms with E-state index < -0.39 is 0 Å². The van der Waals surface area contributed by atoms with E-state index in [9.17, 15) is 4.79 Å². The van der Waals surface area contributed by atoms with Crippen LogP contribution in [0.2, 0.25) is 0 Å². The molecular formula is C19H30O2. The zero-order chi connectivity index (χ0) is 14.7. The van der Waals surface area contributed by atoms with Crippen LogP contribution in [0.3, 0.4) is 0 Å². The van der Waals surface area contributed by atoms with E-state index in [1.165, 1.54) is 38.5 Å². The molecule has 2 heteroatoms. The minimum absolute atomic E-state index is 0.160. The molecule has 0 aromatic rings. The minimum Gasteiger partial charge on any atom is -0.375 e. The van der Waals surface area contributed by atoms with Crippen LogP contribution in [0.25, 0.3) is 0 Å². The van der Waals surface area contributed by atoms with Gasteiger partial charge in [0.05, 0.1) is 5.60 Å². The van der Waals surface area contributed by atoms with Gasteiger partial charge in [-0.05, 0) is 81.0 Å². The summed E-state index contributed by atoms with van der Waals surface area (Å²) in [6, 6.07) is 0. The van der Waals surface area contributed by atoms with Crippen LogP contribution in [0.1, 0.15) is 71.6 Å². The summed E-state index contributed by atoms with van der Waals surface area (Å²) >= 11 is 0. The van der Waals surface area contributed by atoms with E-state index in [1.54, 1.807) is 0 Å². The fraction of sp³-hybridized carbons (Fsp3) is 0.947. The quantitative estimate of drug-likeness (QED) is 0.662. The van der Waals surface area contributed by atoms with Gasteiger partial charge in [-0.2, -0.15) is 0 Å².